The topological polar surface area (TPSA) is 58.6 Å². The lowest BCUT2D eigenvalue weighted by molar-refractivity contribution is -0.161. The molecular weight excluding hydrogens is 309 g/mol. The molecule has 0 spiro atoms. The fourth-order valence-corrected chi connectivity index (χ4v) is 3.00. The van der Waals surface area contributed by atoms with Gasteiger partial charge in [0.15, 0.2) is 0 Å². The van der Waals surface area contributed by atoms with E-state index in [4.69, 9.17) is 4.74 Å². The van der Waals surface area contributed by atoms with Gasteiger partial charge >= 0.3 is 5.97 Å². The second-order valence-electron chi connectivity index (χ2n) is 7.56. The number of carbonyl (C=O) groups excluding carboxylic acids is 1. The summed E-state index contributed by atoms with van der Waals surface area (Å²) in [6, 6.07) is 6.19. The first-order valence-corrected chi connectivity index (χ1v) is 8.64. The molecule has 134 valence electrons. The molecule has 0 bridgehead atoms. The summed E-state index contributed by atoms with van der Waals surface area (Å²) < 4.78 is 18.3. The van der Waals surface area contributed by atoms with E-state index in [1.54, 1.807) is 12.1 Å². The first-order valence-electron chi connectivity index (χ1n) is 8.64. The zero-order chi connectivity index (χ0) is 17.7. The zero-order valence-corrected chi connectivity index (χ0v) is 14.7. The Morgan fingerprint density at radius 1 is 1.25 bits per heavy atom. The van der Waals surface area contributed by atoms with Gasteiger partial charge in [-0.25, -0.2) is 4.39 Å². The van der Waals surface area contributed by atoms with Crippen molar-refractivity contribution in [2.24, 2.45) is 5.92 Å². The average Bonchev–Trinajstić information content (AvgIpc) is 2.52. The molecule has 1 unspecified atom stereocenters. The van der Waals surface area contributed by atoms with Crippen molar-refractivity contribution < 1.29 is 19.0 Å². The summed E-state index contributed by atoms with van der Waals surface area (Å²) in [7, 11) is 0. The van der Waals surface area contributed by atoms with E-state index in [0.717, 1.165) is 25.7 Å². The molecule has 5 heteroatoms. The Morgan fingerprint density at radius 2 is 1.83 bits per heavy atom. The fourth-order valence-electron chi connectivity index (χ4n) is 3.00. The number of esters is 1. The first kappa shape index (κ1) is 18.9. The molecule has 1 aromatic carbocycles. The largest absolute Gasteiger partial charge is 0.460 e. The van der Waals surface area contributed by atoms with Crippen LogP contribution < -0.4 is 5.32 Å². The Morgan fingerprint density at radius 3 is 2.38 bits per heavy atom. The highest BCUT2D eigenvalue weighted by Crippen LogP contribution is 2.27. The number of halogens is 1. The van der Waals surface area contributed by atoms with Gasteiger partial charge in [-0.05, 0) is 64.2 Å². The number of hydrogen-bond donors (Lipinski definition) is 2. The van der Waals surface area contributed by atoms with Crippen LogP contribution in [0, 0.1) is 11.7 Å². The van der Waals surface area contributed by atoms with Gasteiger partial charge in [0.1, 0.15) is 11.4 Å². The van der Waals surface area contributed by atoms with Gasteiger partial charge in [0, 0.05) is 12.6 Å². The lowest BCUT2D eigenvalue weighted by Gasteiger charge is -2.30. The Labute approximate surface area is 143 Å². The molecule has 1 atom stereocenters. The van der Waals surface area contributed by atoms with Gasteiger partial charge in [0.05, 0.1) is 12.0 Å². The molecule has 24 heavy (non-hydrogen) atoms. The van der Waals surface area contributed by atoms with Crippen molar-refractivity contribution in [2.75, 3.05) is 6.54 Å². The molecule has 1 aromatic rings. The lowest BCUT2D eigenvalue weighted by Crippen LogP contribution is -2.38. The summed E-state index contributed by atoms with van der Waals surface area (Å²) in [6.45, 7) is 6.08. The predicted molar refractivity (Wildman–Crippen MR) is 91.0 cm³/mol. The van der Waals surface area contributed by atoms with Crippen molar-refractivity contribution in [3.8, 4) is 0 Å². The van der Waals surface area contributed by atoms with E-state index in [9.17, 15) is 14.3 Å². The highest BCUT2D eigenvalue weighted by atomic mass is 19.1. The van der Waals surface area contributed by atoms with Crippen LogP contribution in [0.3, 0.4) is 0 Å². The van der Waals surface area contributed by atoms with Crippen LogP contribution in [0.25, 0.3) is 0 Å². The molecule has 4 nitrogen and oxygen atoms in total. The van der Waals surface area contributed by atoms with Crippen molar-refractivity contribution >= 4 is 5.97 Å². The standard InChI is InChI=1S/C19H28FNO3/c1-19(2,3)24-18(23)14-6-10-16(11-7-14)21-12-17(22)13-4-8-15(20)9-5-13/h4-5,8-9,14,16-17,21-22H,6-7,10-12H2,1-3H3. The van der Waals surface area contributed by atoms with Crippen molar-refractivity contribution in [3.63, 3.8) is 0 Å². The normalized spacial score (nSPS) is 22.9. The zero-order valence-electron chi connectivity index (χ0n) is 14.7. The summed E-state index contributed by atoms with van der Waals surface area (Å²) in [4.78, 5) is 12.1. The van der Waals surface area contributed by atoms with Gasteiger partial charge < -0.3 is 15.2 Å². The highest BCUT2D eigenvalue weighted by molar-refractivity contribution is 5.73. The van der Waals surface area contributed by atoms with Crippen LogP contribution in [-0.2, 0) is 9.53 Å². The van der Waals surface area contributed by atoms with E-state index in [1.165, 1.54) is 12.1 Å². The number of nitrogens with one attached hydrogen (secondary N) is 1. The quantitative estimate of drug-likeness (QED) is 0.809. The van der Waals surface area contributed by atoms with Gasteiger partial charge in [-0.2, -0.15) is 0 Å². The van der Waals surface area contributed by atoms with Gasteiger partial charge in [-0.15, -0.1) is 0 Å². The minimum absolute atomic E-state index is 0.0238. The first-order chi connectivity index (χ1) is 11.2. The molecule has 1 saturated carbocycles. The minimum Gasteiger partial charge on any atom is -0.460 e. The van der Waals surface area contributed by atoms with E-state index in [2.05, 4.69) is 5.32 Å². The SMILES string of the molecule is CC(C)(C)OC(=O)C1CCC(NCC(O)c2ccc(F)cc2)CC1. The Bertz CT molecular complexity index is 531. The summed E-state index contributed by atoms with van der Waals surface area (Å²) in [6.07, 6.45) is 2.73. The molecule has 0 aliphatic heterocycles. The number of aliphatic hydroxyl groups excluding tert-OH is 1. The van der Waals surface area contributed by atoms with E-state index < -0.39 is 11.7 Å². The second kappa shape index (κ2) is 8.08. The molecule has 0 saturated heterocycles. The number of ether oxygens (including phenoxy) is 1. The monoisotopic (exact) mass is 337 g/mol. The van der Waals surface area contributed by atoms with E-state index in [0.29, 0.717) is 18.2 Å². The number of carbonyl (C=O) groups is 1. The minimum atomic E-state index is -0.658. The number of aliphatic hydroxyl groups is 1. The maximum absolute atomic E-state index is 12.9. The maximum atomic E-state index is 12.9. The molecule has 0 amide bonds. The van der Waals surface area contributed by atoms with Crippen LogP contribution in [-0.4, -0.2) is 29.3 Å². The molecule has 0 radical (unpaired) electrons. The Kier molecular flexibility index (Phi) is 6.35. The van der Waals surface area contributed by atoms with Crippen LogP contribution in [0.5, 0.6) is 0 Å². The summed E-state index contributed by atoms with van der Waals surface area (Å²) in [5, 5.41) is 13.5. The van der Waals surface area contributed by atoms with Crippen LogP contribution >= 0.6 is 0 Å². The van der Waals surface area contributed by atoms with Gasteiger partial charge in [-0.1, -0.05) is 12.1 Å². The molecule has 0 aromatic heterocycles. The smallest absolute Gasteiger partial charge is 0.309 e. The molecule has 0 heterocycles. The van der Waals surface area contributed by atoms with Gasteiger partial charge in [0.2, 0.25) is 0 Å². The lowest BCUT2D eigenvalue weighted by atomic mass is 9.86. The van der Waals surface area contributed by atoms with Crippen molar-refractivity contribution in [3.05, 3.63) is 35.6 Å². The third-order valence-corrected chi connectivity index (χ3v) is 4.32. The van der Waals surface area contributed by atoms with Crippen LogP contribution in [0.1, 0.15) is 58.1 Å². The molecule has 1 aliphatic carbocycles. The Hall–Kier alpha value is -1.46. The third-order valence-electron chi connectivity index (χ3n) is 4.32. The molecule has 1 fully saturated rings. The third kappa shape index (κ3) is 5.87. The summed E-state index contributed by atoms with van der Waals surface area (Å²) in [5.41, 5.74) is 0.261. The number of hydrogen-bond acceptors (Lipinski definition) is 4. The summed E-state index contributed by atoms with van der Waals surface area (Å²) >= 11 is 0. The number of benzene rings is 1. The fraction of sp³-hybridized carbons (Fsp3) is 0.632. The van der Waals surface area contributed by atoms with Crippen molar-refractivity contribution in [1.82, 2.24) is 5.32 Å². The Balaban J connectivity index is 1.73. The second-order valence-corrected chi connectivity index (χ2v) is 7.56. The predicted octanol–water partition coefficient (Wildman–Crippen LogP) is 3.35. The molecule has 2 rings (SSSR count). The van der Waals surface area contributed by atoms with Crippen molar-refractivity contribution in [2.45, 2.75) is 64.2 Å². The average molecular weight is 337 g/mol. The molecule has 2 N–H and O–H groups in total. The van der Waals surface area contributed by atoms with E-state index in [1.807, 2.05) is 20.8 Å². The number of rotatable bonds is 5. The van der Waals surface area contributed by atoms with Crippen LogP contribution in [0.15, 0.2) is 24.3 Å². The summed E-state index contributed by atoms with van der Waals surface area (Å²) in [5.74, 6) is -0.434. The van der Waals surface area contributed by atoms with Gasteiger partial charge in [0.25, 0.3) is 0 Å². The van der Waals surface area contributed by atoms with Crippen LogP contribution in [0.4, 0.5) is 4.39 Å². The van der Waals surface area contributed by atoms with E-state index in [-0.39, 0.29) is 17.7 Å². The molecule has 1 aliphatic rings. The maximum Gasteiger partial charge on any atom is 0.309 e. The van der Waals surface area contributed by atoms with Crippen molar-refractivity contribution in [1.29, 1.82) is 0 Å². The van der Waals surface area contributed by atoms with E-state index >= 15 is 0 Å². The van der Waals surface area contributed by atoms with Crippen LogP contribution in [0.2, 0.25) is 0 Å². The highest BCUT2D eigenvalue weighted by Gasteiger charge is 2.29. The van der Waals surface area contributed by atoms with Gasteiger partial charge in [-0.3, -0.25) is 4.79 Å². The molecular formula is C19H28FNO3.